The van der Waals surface area contributed by atoms with Crippen LogP contribution in [-0.2, 0) is 28.7 Å². The number of hydrogen-bond acceptors (Lipinski definition) is 9. The zero-order chi connectivity index (χ0) is 22.6. The average molecular weight is 446 g/mol. The molecule has 2 aliphatic rings. The van der Waals surface area contributed by atoms with E-state index in [4.69, 9.17) is 21.3 Å². The highest BCUT2D eigenvalue weighted by atomic mass is 32.2. The number of β-lactam (4-membered cyclic amide) rings is 1. The van der Waals surface area contributed by atoms with Crippen LogP contribution >= 0.6 is 11.8 Å². The van der Waals surface area contributed by atoms with Crippen LogP contribution in [0.25, 0.3) is 0 Å². The number of carbonyl (C=O) groups is 5. The monoisotopic (exact) mass is 446 g/mol. The van der Waals surface area contributed by atoms with E-state index in [1.807, 2.05) is 0 Å². The Kier molecular flexibility index (Phi) is 7.28. The van der Waals surface area contributed by atoms with E-state index >= 15 is 0 Å². The first-order valence-corrected chi connectivity index (χ1v) is 9.77. The molecule has 0 saturated carbocycles. The first-order chi connectivity index (χ1) is 14.0. The SMILES string of the molecule is COC1(NC(=O)CCCC(N)C(=O)O)C(=O)N2C(C(=O)O)=C(COC(N)=O)CS[C@@H]21. The molecule has 0 aromatic carbocycles. The fourth-order valence-electron chi connectivity index (χ4n) is 3.09. The van der Waals surface area contributed by atoms with Gasteiger partial charge < -0.3 is 36.5 Å². The number of methoxy groups -OCH3 is 1. The summed E-state index contributed by atoms with van der Waals surface area (Å²) in [7, 11) is 1.20. The number of primary amides is 1. The third-order valence-corrected chi connectivity index (χ3v) is 5.96. The standard InChI is InChI=1S/C16H22N4O9S/c1-28-16(19-9(21)4-2-3-8(17)11(22)23)13(26)20-10(12(24)25)7(5-29-15(18)27)6-30-14(16)20/h8,14H,2-6,17H2,1H3,(H2,18,27)(H,19,21)(H,22,23)(H,24,25)/t8?,14-,16?/m1/s1. The van der Waals surface area contributed by atoms with Crippen LogP contribution in [0.3, 0.4) is 0 Å². The number of nitrogens with two attached hydrogens (primary N) is 2. The normalized spacial score (nSPS) is 23.9. The maximum atomic E-state index is 12.8. The molecule has 0 radical (unpaired) electrons. The van der Waals surface area contributed by atoms with E-state index in [1.54, 1.807) is 0 Å². The van der Waals surface area contributed by atoms with Gasteiger partial charge in [0.1, 0.15) is 23.7 Å². The average Bonchev–Trinajstić information content (AvgIpc) is 2.68. The number of aliphatic carboxylic acids is 2. The molecule has 2 heterocycles. The fourth-order valence-corrected chi connectivity index (χ4v) is 4.51. The Bertz CT molecular complexity index is 802. The Morgan fingerprint density at radius 2 is 2.03 bits per heavy atom. The summed E-state index contributed by atoms with van der Waals surface area (Å²) in [5.74, 6) is -3.87. The number of nitrogens with zero attached hydrogens (tertiary/aromatic N) is 1. The van der Waals surface area contributed by atoms with Crippen molar-refractivity contribution in [2.75, 3.05) is 19.5 Å². The number of ether oxygens (including phenoxy) is 2. The molecule has 2 unspecified atom stereocenters. The van der Waals surface area contributed by atoms with Crippen LogP contribution in [0, 0.1) is 0 Å². The molecule has 30 heavy (non-hydrogen) atoms. The highest BCUT2D eigenvalue weighted by Gasteiger charge is 2.66. The van der Waals surface area contributed by atoms with Gasteiger partial charge in [-0.25, -0.2) is 9.59 Å². The molecule has 2 rings (SSSR count). The highest BCUT2D eigenvalue weighted by molar-refractivity contribution is 8.00. The Morgan fingerprint density at radius 1 is 1.37 bits per heavy atom. The van der Waals surface area contributed by atoms with Gasteiger partial charge in [0.05, 0.1) is 0 Å². The number of carboxylic acid groups (broad SMARTS) is 2. The molecule has 3 atom stereocenters. The van der Waals surface area contributed by atoms with Crippen LogP contribution in [0.5, 0.6) is 0 Å². The molecular formula is C16H22N4O9S. The van der Waals surface area contributed by atoms with Gasteiger partial charge in [-0.1, -0.05) is 0 Å². The van der Waals surface area contributed by atoms with Crippen LogP contribution in [0.15, 0.2) is 11.3 Å². The van der Waals surface area contributed by atoms with Crippen molar-refractivity contribution in [1.29, 1.82) is 0 Å². The molecule has 1 saturated heterocycles. The van der Waals surface area contributed by atoms with Crippen molar-refractivity contribution >= 4 is 41.6 Å². The second-order valence-electron chi connectivity index (χ2n) is 6.53. The Labute approximate surface area is 174 Å². The topological polar surface area (TPSA) is 212 Å². The molecule has 166 valence electrons. The van der Waals surface area contributed by atoms with Crippen LogP contribution in [0.1, 0.15) is 19.3 Å². The highest BCUT2D eigenvalue weighted by Crippen LogP contribution is 2.46. The van der Waals surface area contributed by atoms with Gasteiger partial charge in [-0.15, -0.1) is 11.8 Å². The van der Waals surface area contributed by atoms with Crippen molar-refractivity contribution in [3.8, 4) is 0 Å². The van der Waals surface area contributed by atoms with E-state index in [0.717, 1.165) is 16.7 Å². The molecule has 0 spiro atoms. The van der Waals surface area contributed by atoms with Crippen molar-refractivity contribution in [3.63, 3.8) is 0 Å². The number of hydrogen-bond donors (Lipinski definition) is 5. The number of carboxylic acids is 2. The minimum absolute atomic E-state index is 0.0656. The third-order valence-electron chi connectivity index (χ3n) is 4.58. The van der Waals surface area contributed by atoms with Gasteiger partial charge in [-0.2, -0.15) is 0 Å². The minimum atomic E-state index is -1.77. The summed E-state index contributed by atoms with van der Waals surface area (Å²) >= 11 is 1.12. The van der Waals surface area contributed by atoms with E-state index in [2.05, 4.69) is 10.1 Å². The van der Waals surface area contributed by atoms with Crippen molar-refractivity contribution in [2.24, 2.45) is 11.5 Å². The van der Waals surface area contributed by atoms with Crippen molar-refractivity contribution in [2.45, 2.75) is 36.4 Å². The summed E-state index contributed by atoms with van der Waals surface area (Å²) in [6.07, 6.45) is -0.953. The molecule has 0 aromatic heterocycles. The number of rotatable bonds is 10. The predicted molar refractivity (Wildman–Crippen MR) is 101 cm³/mol. The summed E-state index contributed by atoms with van der Waals surface area (Å²) in [4.78, 5) is 59.3. The molecular weight excluding hydrogens is 424 g/mol. The maximum absolute atomic E-state index is 12.8. The zero-order valence-electron chi connectivity index (χ0n) is 16.0. The van der Waals surface area contributed by atoms with E-state index in [1.165, 1.54) is 7.11 Å². The van der Waals surface area contributed by atoms with Gasteiger partial charge >= 0.3 is 18.0 Å². The van der Waals surface area contributed by atoms with Gasteiger partial charge in [0.2, 0.25) is 5.91 Å². The van der Waals surface area contributed by atoms with Crippen LogP contribution < -0.4 is 16.8 Å². The summed E-state index contributed by atoms with van der Waals surface area (Å²) in [6, 6.07) is -1.10. The van der Waals surface area contributed by atoms with E-state index in [9.17, 15) is 29.1 Å². The predicted octanol–water partition coefficient (Wildman–Crippen LogP) is -1.62. The first-order valence-electron chi connectivity index (χ1n) is 8.72. The van der Waals surface area contributed by atoms with Gasteiger partial charge in [-0.3, -0.25) is 19.3 Å². The summed E-state index contributed by atoms with van der Waals surface area (Å²) in [6.45, 7) is -0.392. The largest absolute Gasteiger partial charge is 0.480 e. The molecule has 0 bridgehead atoms. The molecule has 0 aliphatic carbocycles. The second-order valence-corrected chi connectivity index (χ2v) is 7.60. The van der Waals surface area contributed by atoms with E-state index in [0.29, 0.717) is 0 Å². The fraction of sp³-hybridized carbons (Fsp3) is 0.562. The first kappa shape index (κ1) is 23.4. The minimum Gasteiger partial charge on any atom is -0.480 e. The summed E-state index contributed by atoms with van der Waals surface area (Å²) in [5.41, 5.74) is 8.33. The molecule has 3 amide bonds. The van der Waals surface area contributed by atoms with Gasteiger partial charge in [0.25, 0.3) is 11.6 Å². The Morgan fingerprint density at radius 3 is 2.57 bits per heavy atom. The molecule has 1 fully saturated rings. The number of thioether (sulfide) groups is 1. The lowest BCUT2D eigenvalue weighted by Crippen LogP contribution is -2.80. The molecule has 0 aromatic rings. The van der Waals surface area contributed by atoms with Gasteiger partial charge in [0, 0.05) is 24.9 Å². The Balaban J connectivity index is 2.11. The molecule has 14 heteroatoms. The van der Waals surface area contributed by atoms with Gasteiger partial charge in [-0.05, 0) is 12.8 Å². The summed E-state index contributed by atoms with van der Waals surface area (Å²) < 4.78 is 9.91. The quantitative estimate of drug-likeness (QED) is 0.190. The number of carbonyl (C=O) groups excluding carboxylic acids is 3. The summed E-state index contributed by atoms with van der Waals surface area (Å²) in [5, 5.41) is 19.9. The van der Waals surface area contributed by atoms with Crippen LogP contribution in [0.4, 0.5) is 4.79 Å². The lowest BCUT2D eigenvalue weighted by atomic mass is 9.97. The van der Waals surface area contributed by atoms with Crippen LogP contribution in [-0.4, -0.2) is 81.6 Å². The van der Waals surface area contributed by atoms with Crippen LogP contribution in [0.2, 0.25) is 0 Å². The molecule has 2 aliphatic heterocycles. The molecule has 13 nitrogen and oxygen atoms in total. The smallest absolute Gasteiger partial charge is 0.404 e. The zero-order valence-corrected chi connectivity index (χ0v) is 16.8. The lowest BCUT2D eigenvalue weighted by Gasteiger charge is -2.55. The Hall–Kier alpha value is -2.84. The van der Waals surface area contributed by atoms with E-state index < -0.39 is 53.6 Å². The van der Waals surface area contributed by atoms with Crippen molar-refractivity contribution in [1.82, 2.24) is 10.2 Å². The molecule has 7 N–H and O–H groups in total. The second kappa shape index (κ2) is 9.32. The number of amides is 3. The van der Waals surface area contributed by atoms with Crippen molar-refractivity contribution < 1.29 is 43.7 Å². The lowest BCUT2D eigenvalue weighted by molar-refractivity contribution is -0.192. The van der Waals surface area contributed by atoms with Crippen molar-refractivity contribution in [3.05, 3.63) is 11.3 Å². The van der Waals surface area contributed by atoms with Gasteiger partial charge in [0.15, 0.2) is 0 Å². The third kappa shape index (κ3) is 4.49. The number of nitrogens with one attached hydrogen (secondary N) is 1. The number of fused-ring (bicyclic) bond motifs is 1. The van der Waals surface area contributed by atoms with E-state index in [-0.39, 0.29) is 36.3 Å². The maximum Gasteiger partial charge on any atom is 0.404 e.